The van der Waals surface area contributed by atoms with Crippen LogP contribution in [0.25, 0.3) is 22.6 Å². The molecule has 3 aromatic heterocycles. The number of aromatic amines is 1. The molecule has 1 aliphatic rings. The van der Waals surface area contributed by atoms with Crippen LogP contribution in [0.15, 0.2) is 18.2 Å². The molecule has 3 N–H and O–H groups in total. The fourth-order valence-corrected chi connectivity index (χ4v) is 5.71. The van der Waals surface area contributed by atoms with Gasteiger partial charge in [-0.05, 0) is 51.4 Å². The van der Waals surface area contributed by atoms with Gasteiger partial charge < -0.3 is 20.5 Å². The summed E-state index contributed by atoms with van der Waals surface area (Å²) < 4.78 is 42.7. The van der Waals surface area contributed by atoms with Gasteiger partial charge in [0.1, 0.15) is 28.9 Å². The van der Waals surface area contributed by atoms with Crippen molar-refractivity contribution < 1.29 is 18.0 Å². The van der Waals surface area contributed by atoms with Crippen molar-refractivity contribution in [2.24, 2.45) is 5.73 Å². The number of aryl methyl sites for hydroxylation is 2. The molecule has 1 fully saturated rings. The van der Waals surface area contributed by atoms with Crippen LogP contribution >= 0.6 is 11.3 Å². The van der Waals surface area contributed by atoms with E-state index in [1.165, 1.54) is 0 Å². The number of carbonyl (C=O) groups is 1. The number of aromatic nitrogens is 6. The zero-order valence-electron chi connectivity index (χ0n) is 21.2. The zero-order chi connectivity index (χ0) is 27.2. The summed E-state index contributed by atoms with van der Waals surface area (Å²) in [6.07, 6.45) is -3.91. The SMILES string of the molecule is Cc1nc(C)n(CC(=O)N2CCN(c3sc(C(F)(F)F)nc3-c3nc4ccc(CCN)cc4[nH]3)C[C@H]2C)n1. The van der Waals surface area contributed by atoms with Gasteiger partial charge in [0.15, 0.2) is 5.82 Å². The molecule has 1 aliphatic heterocycles. The Balaban J connectivity index is 1.41. The predicted octanol–water partition coefficient (Wildman–Crippen LogP) is 3.15. The number of alkyl halides is 3. The minimum Gasteiger partial charge on any atom is -0.358 e. The number of nitrogens with zero attached hydrogens (tertiary/aromatic N) is 7. The fourth-order valence-electron chi connectivity index (χ4n) is 4.74. The Hall–Kier alpha value is -3.52. The summed E-state index contributed by atoms with van der Waals surface area (Å²) in [5.41, 5.74) is 8.16. The van der Waals surface area contributed by atoms with Crippen LogP contribution in [0.2, 0.25) is 0 Å². The molecular formula is C24H28F3N9OS. The Kier molecular flexibility index (Phi) is 6.86. The lowest BCUT2D eigenvalue weighted by atomic mass is 10.1. The number of imidazole rings is 1. The number of thiazole rings is 1. The molecule has 0 bridgehead atoms. The molecule has 0 aliphatic carbocycles. The molecule has 1 aromatic carbocycles. The molecule has 0 unspecified atom stereocenters. The van der Waals surface area contributed by atoms with E-state index in [4.69, 9.17) is 5.73 Å². The number of anilines is 1. The third-order valence-electron chi connectivity index (χ3n) is 6.54. The van der Waals surface area contributed by atoms with Gasteiger partial charge in [0.25, 0.3) is 0 Å². The van der Waals surface area contributed by atoms with E-state index < -0.39 is 11.2 Å². The van der Waals surface area contributed by atoms with Gasteiger partial charge in [-0.2, -0.15) is 18.3 Å². The maximum absolute atomic E-state index is 13.7. The minimum absolute atomic E-state index is 0.0617. The zero-order valence-corrected chi connectivity index (χ0v) is 22.0. The topological polar surface area (TPSA) is 122 Å². The molecular weight excluding hydrogens is 519 g/mol. The molecule has 5 rings (SSSR count). The Morgan fingerprint density at radius 2 is 2.00 bits per heavy atom. The van der Waals surface area contributed by atoms with E-state index in [9.17, 15) is 18.0 Å². The quantitative estimate of drug-likeness (QED) is 0.380. The summed E-state index contributed by atoms with van der Waals surface area (Å²) in [7, 11) is 0. The second-order valence-corrected chi connectivity index (χ2v) is 10.4. The summed E-state index contributed by atoms with van der Waals surface area (Å²) >= 11 is 0.595. The molecule has 0 saturated carbocycles. The second kappa shape index (κ2) is 9.98. The lowest BCUT2D eigenvalue weighted by molar-refractivity contribution is -0.137. The average Bonchev–Trinajstić information content (AvgIpc) is 3.55. The summed E-state index contributed by atoms with van der Waals surface area (Å²) in [4.78, 5) is 32.5. The van der Waals surface area contributed by atoms with E-state index in [0.717, 1.165) is 5.56 Å². The van der Waals surface area contributed by atoms with E-state index in [1.54, 1.807) is 23.4 Å². The first-order valence-corrected chi connectivity index (χ1v) is 13.0. The molecule has 10 nitrogen and oxygen atoms in total. The number of nitrogens with two attached hydrogens (primary N) is 1. The number of piperazine rings is 1. The Labute approximate surface area is 220 Å². The highest BCUT2D eigenvalue weighted by atomic mass is 32.1. The van der Waals surface area contributed by atoms with Gasteiger partial charge in [0, 0.05) is 25.7 Å². The van der Waals surface area contributed by atoms with Crippen LogP contribution in [-0.4, -0.2) is 72.7 Å². The molecule has 0 radical (unpaired) electrons. The largest absolute Gasteiger partial charge is 0.443 e. The van der Waals surface area contributed by atoms with E-state index in [-0.39, 0.29) is 30.0 Å². The summed E-state index contributed by atoms with van der Waals surface area (Å²) in [5.74, 6) is 1.40. The Morgan fingerprint density at radius 3 is 2.66 bits per heavy atom. The number of rotatable bonds is 6. The summed E-state index contributed by atoms with van der Waals surface area (Å²) in [6.45, 7) is 7.05. The number of H-pyrrole nitrogens is 1. The molecule has 0 spiro atoms. The first-order chi connectivity index (χ1) is 18.0. The highest BCUT2D eigenvalue weighted by Crippen LogP contribution is 2.42. The standard InChI is InChI=1S/C24H28F3N9OS/c1-13-11-34(8-9-35(13)19(37)12-36-15(3)29-14(2)33-36)22-20(32-23(38-22)24(25,26)27)21-30-17-5-4-16(6-7-28)10-18(17)31-21/h4-5,10,13H,6-9,11-12,28H2,1-3H3,(H,30,31)/t13-/m1/s1. The van der Waals surface area contributed by atoms with Crippen LogP contribution in [0.3, 0.4) is 0 Å². The van der Waals surface area contributed by atoms with Gasteiger partial charge >= 0.3 is 6.18 Å². The molecule has 1 saturated heterocycles. The highest BCUT2D eigenvalue weighted by Gasteiger charge is 2.39. The molecule has 1 amide bonds. The van der Waals surface area contributed by atoms with Crippen molar-refractivity contribution >= 4 is 33.3 Å². The van der Waals surface area contributed by atoms with Gasteiger partial charge in [-0.3, -0.25) is 4.79 Å². The third kappa shape index (κ3) is 5.10. The van der Waals surface area contributed by atoms with Crippen molar-refractivity contribution in [2.75, 3.05) is 31.1 Å². The Bertz CT molecular complexity index is 1470. The van der Waals surface area contributed by atoms with Crippen LogP contribution in [0, 0.1) is 13.8 Å². The lowest BCUT2D eigenvalue weighted by Crippen LogP contribution is -2.54. The number of hydrogen-bond donors (Lipinski definition) is 2. The van der Waals surface area contributed by atoms with Crippen molar-refractivity contribution in [3.63, 3.8) is 0 Å². The van der Waals surface area contributed by atoms with E-state index in [2.05, 4.69) is 25.0 Å². The first kappa shape index (κ1) is 26.1. The first-order valence-electron chi connectivity index (χ1n) is 12.2. The van der Waals surface area contributed by atoms with Crippen LogP contribution < -0.4 is 10.6 Å². The number of nitrogens with one attached hydrogen (secondary N) is 1. The number of hydrogen-bond acceptors (Lipinski definition) is 8. The van der Waals surface area contributed by atoms with Gasteiger partial charge in [0.05, 0.1) is 11.0 Å². The van der Waals surface area contributed by atoms with Crippen molar-refractivity contribution in [1.82, 2.24) is 34.6 Å². The van der Waals surface area contributed by atoms with E-state index in [1.807, 2.05) is 30.0 Å². The van der Waals surface area contributed by atoms with E-state index >= 15 is 0 Å². The van der Waals surface area contributed by atoms with Crippen LogP contribution in [0.1, 0.15) is 29.1 Å². The molecule has 38 heavy (non-hydrogen) atoms. The molecule has 202 valence electrons. The Morgan fingerprint density at radius 1 is 1.21 bits per heavy atom. The van der Waals surface area contributed by atoms with Crippen LogP contribution in [0.4, 0.5) is 18.2 Å². The van der Waals surface area contributed by atoms with Crippen molar-refractivity contribution in [1.29, 1.82) is 0 Å². The van der Waals surface area contributed by atoms with Gasteiger partial charge in [-0.15, -0.1) is 0 Å². The molecule has 4 heterocycles. The number of carbonyl (C=O) groups excluding carboxylic acids is 1. The van der Waals surface area contributed by atoms with Crippen molar-refractivity contribution in [3.8, 4) is 11.5 Å². The summed E-state index contributed by atoms with van der Waals surface area (Å²) in [6, 6.07) is 5.39. The predicted molar refractivity (Wildman–Crippen MR) is 138 cm³/mol. The smallest absolute Gasteiger partial charge is 0.358 e. The van der Waals surface area contributed by atoms with Crippen molar-refractivity contribution in [2.45, 2.75) is 46.0 Å². The normalized spacial score (nSPS) is 16.6. The highest BCUT2D eigenvalue weighted by molar-refractivity contribution is 7.16. The van der Waals surface area contributed by atoms with Crippen LogP contribution in [0.5, 0.6) is 0 Å². The van der Waals surface area contributed by atoms with E-state index in [0.29, 0.717) is 71.6 Å². The van der Waals surface area contributed by atoms with Crippen LogP contribution in [-0.2, 0) is 23.9 Å². The molecule has 4 aromatic rings. The number of fused-ring (bicyclic) bond motifs is 1. The average molecular weight is 548 g/mol. The fraction of sp³-hybridized carbons (Fsp3) is 0.458. The second-order valence-electron chi connectivity index (χ2n) is 9.39. The van der Waals surface area contributed by atoms with Crippen molar-refractivity contribution in [3.05, 3.63) is 40.4 Å². The lowest BCUT2D eigenvalue weighted by Gasteiger charge is -2.40. The number of halogens is 3. The molecule has 14 heteroatoms. The molecule has 1 atom stereocenters. The van der Waals surface area contributed by atoms with Gasteiger partial charge in [0.2, 0.25) is 10.9 Å². The third-order valence-corrected chi connectivity index (χ3v) is 7.70. The maximum Gasteiger partial charge on any atom is 0.443 e. The maximum atomic E-state index is 13.7. The van der Waals surface area contributed by atoms with Gasteiger partial charge in [-0.1, -0.05) is 17.4 Å². The number of benzene rings is 1. The number of amides is 1. The van der Waals surface area contributed by atoms with Gasteiger partial charge in [-0.25, -0.2) is 19.6 Å². The summed E-state index contributed by atoms with van der Waals surface area (Å²) in [5, 5.41) is 3.70. The minimum atomic E-state index is -4.59. The monoisotopic (exact) mass is 547 g/mol.